The molecule has 3 N–H and O–H groups in total. The van der Waals surface area contributed by atoms with E-state index in [1.807, 2.05) is 0 Å². The van der Waals surface area contributed by atoms with Gasteiger partial charge >= 0.3 is 0 Å². The number of morpholine rings is 1. The Morgan fingerprint density at radius 1 is 1.60 bits per heavy atom. The second-order valence-electron chi connectivity index (χ2n) is 5.00. The maximum atomic E-state index is 11.9. The van der Waals surface area contributed by atoms with Crippen molar-refractivity contribution in [2.45, 2.75) is 19.4 Å². The third-order valence-corrected chi connectivity index (χ3v) is 3.71. The second-order valence-corrected chi connectivity index (χ2v) is 5.40. The molecule has 0 spiro atoms. The van der Waals surface area contributed by atoms with Crippen LogP contribution in [0.25, 0.3) is 0 Å². The molecule has 1 atom stereocenters. The lowest BCUT2D eigenvalue weighted by molar-refractivity contribution is -0.117. The zero-order chi connectivity index (χ0) is 14.5. The highest BCUT2D eigenvalue weighted by Crippen LogP contribution is 2.24. The zero-order valence-corrected chi connectivity index (χ0v) is 12.3. The number of carbonyl (C=O) groups is 1. The number of benzene rings is 1. The summed E-state index contributed by atoms with van der Waals surface area (Å²) in [6.07, 6.45) is 0.436. The summed E-state index contributed by atoms with van der Waals surface area (Å²) >= 11 is 6.02. The highest BCUT2D eigenvalue weighted by molar-refractivity contribution is 6.34. The fourth-order valence-corrected chi connectivity index (χ4v) is 2.42. The fourth-order valence-electron chi connectivity index (χ4n) is 2.18. The van der Waals surface area contributed by atoms with Crippen molar-refractivity contribution in [3.8, 4) is 0 Å². The van der Waals surface area contributed by atoms with Crippen molar-refractivity contribution in [3.05, 3.63) is 23.2 Å². The first-order chi connectivity index (χ1) is 9.56. The van der Waals surface area contributed by atoms with Crippen molar-refractivity contribution in [1.29, 1.82) is 0 Å². The van der Waals surface area contributed by atoms with Crippen molar-refractivity contribution in [1.82, 2.24) is 4.90 Å². The van der Waals surface area contributed by atoms with Crippen LogP contribution in [-0.2, 0) is 9.53 Å². The van der Waals surface area contributed by atoms with Gasteiger partial charge in [0.25, 0.3) is 0 Å². The molecular weight excluding hydrogens is 278 g/mol. The average Bonchev–Trinajstić information content (AvgIpc) is 2.41. The minimum absolute atomic E-state index is 0.0460. The smallest absolute Gasteiger partial charge is 0.225 e. The Bertz CT molecular complexity index is 481. The third kappa shape index (κ3) is 4.10. The van der Waals surface area contributed by atoms with Gasteiger partial charge in [-0.15, -0.1) is 0 Å². The number of rotatable bonds is 4. The van der Waals surface area contributed by atoms with Crippen LogP contribution in [0.3, 0.4) is 0 Å². The molecule has 1 aliphatic heterocycles. The molecule has 20 heavy (non-hydrogen) atoms. The van der Waals surface area contributed by atoms with Gasteiger partial charge in [-0.1, -0.05) is 11.6 Å². The van der Waals surface area contributed by atoms with Crippen LogP contribution in [0.15, 0.2) is 18.2 Å². The molecule has 110 valence electrons. The molecule has 1 aliphatic rings. The first-order valence-corrected chi connectivity index (χ1v) is 7.10. The maximum Gasteiger partial charge on any atom is 0.225 e. The molecule has 1 aromatic carbocycles. The summed E-state index contributed by atoms with van der Waals surface area (Å²) in [6, 6.07) is 5.41. The molecule has 1 fully saturated rings. The van der Waals surface area contributed by atoms with E-state index >= 15 is 0 Å². The first-order valence-electron chi connectivity index (χ1n) is 6.73. The van der Waals surface area contributed by atoms with Gasteiger partial charge in [-0.2, -0.15) is 0 Å². The molecule has 0 saturated carbocycles. The Balaban J connectivity index is 1.83. The van der Waals surface area contributed by atoms with Gasteiger partial charge in [0.2, 0.25) is 5.91 Å². The topological polar surface area (TPSA) is 67.6 Å². The number of halogens is 1. The third-order valence-electron chi connectivity index (χ3n) is 3.40. The van der Waals surface area contributed by atoms with Crippen LogP contribution < -0.4 is 11.1 Å². The molecule has 2 rings (SSSR count). The van der Waals surface area contributed by atoms with E-state index in [1.165, 1.54) is 0 Å². The molecule has 1 aromatic rings. The number of nitrogens with two attached hydrogens (primary N) is 1. The molecule has 6 heteroatoms. The van der Waals surface area contributed by atoms with E-state index in [0.717, 1.165) is 26.3 Å². The highest BCUT2D eigenvalue weighted by Gasteiger charge is 2.19. The molecule has 0 aliphatic carbocycles. The van der Waals surface area contributed by atoms with Gasteiger partial charge in [0.1, 0.15) is 0 Å². The molecule has 1 unspecified atom stereocenters. The number of carbonyl (C=O) groups excluding carboxylic acids is 1. The van der Waals surface area contributed by atoms with Gasteiger partial charge < -0.3 is 15.8 Å². The molecule has 1 heterocycles. The first kappa shape index (κ1) is 15.1. The van der Waals surface area contributed by atoms with E-state index in [0.29, 0.717) is 28.9 Å². The molecule has 1 amide bonds. The normalized spacial score (nSPS) is 19.8. The molecule has 1 saturated heterocycles. The summed E-state index contributed by atoms with van der Waals surface area (Å²) in [7, 11) is 0. The monoisotopic (exact) mass is 297 g/mol. The number of nitrogens with zero attached hydrogens (tertiary/aromatic N) is 1. The van der Waals surface area contributed by atoms with Gasteiger partial charge in [0, 0.05) is 31.2 Å². The van der Waals surface area contributed by atoms with Crippen LogP contribution >= 0.6 is 11.6 Å². The SMILES string of the molecule is CC1COCCN1CCC(=O)Nc1ccc(N)cc1Cl. The summed E-state index contributed by atoms with van der Waals surface area (Å²) in [4.78, 5) is 14.2. The predicted octanol–water partition coefficient (Wildman–Crippen LogP) is 1.97. The van der Waals surface area contributed by atoms with Crippen LogP contribution in [0.4, 0.5) is 11.4 Å². The lowest BCUT2D eigenvalue weighted by atomic mass is 10.2. The van der Waals surface area contributed by atoms with Crippen LogP contribution in [-0.4, -0.2) is 43.2 Å². The van der Waals surface area contributed by atoms with Crippen LogP contribution in [0, 0.1) is 0 Å². The van der Waals surface area contributed by atoms with E-state index in [4.69, 9.17) is 22.1 Å². The number of anilines is 2. The Morgan fingerprint density at radius 3 is 3.10 bits per heavy atom. The van der Waals surface area contributed by atoms with Crippen molar-refractivity contribution in [2.75, 3.05) is 37.4 Å². The summed E-state index contributed by atoms with van der Waals surface area (Å²) < 4.78 is 5.37. The van der Waals surface area contributed by atoms with E-state index in [1.54, 1.807) is 18.2 Å². The van der Waals surface area contributed by atoms with Gasteiger partial charge in [-0.05, 0) is 25.1 Å². The fraction of sp³-hybridized carbons (Fsp3) is 0.500. The van der Waals surface area contributed by atoms with Crippen LogP contribution in [0.2, 0.25) is 5.02 Å². The van der Waals surface area contributed by atoms with E-state index in [-0.39, 0.29) is 5.91 Å². The molecule has 0 radical (unpaired) electrons. The van der Waals surface area contributed by atoms with Gasteiger partial charge in [0.15, 0.2) is 0 Å². The Kier molecular flexibility index (Phi) is 5.23. The van der Waals surface area contributed by atoms with Crippen molar-refractivity contribution in [2.24, 2.45) is 0 Å². The van der Waals surface area contributed by atoms with Gasteiger partial charge in [-0.3, -0.25) is 9.69 Å². The summed E-state index contributed by atoms with van der Waals surface area (Å²) in [5.74, 6) is -0.0460. The van der Waals surface area contributed by atoms with Gasteiger partial charge in [0.05, 0.1) is 23.9 Å². The Labute approximate surface area is 124 Å². The van der Waals surface area contributed by atoms with Crippen molar-refractivity contribution < 1.29 is 9.53 Å². The Hall–Kier alpha value is -1.30. The predicted molar refractivity (Wildman–Crippen MR) is 81.0 cm³/mol. The molecular formula is C14H20ClN3O2. The number of ether oxygens (including phenoxy) is 1. The largest absolute Gasteiger partial charge is 0.399 e. The molecule has 5 nitrogen and oxygen atoms in total. The number of nitrogen functional groups attached to an aromatic ring is 1. The van der Waals surface area contributed by atoms with E-state index in [9.17, 15) is 4.79 Å². The van der Waals surface area contributed by atoms with Gasteiger partial charge in [-0.25, -0.2) is 0 Å². The highest BCUT2D eigenvalue weighted by atomic mass is 35.5. The lowest BCUT2D eigenvalue weighted by Crippen LogP contribution is -2.44. The van der Waals surface area contributed by atoms with Crippen LogP contribution in [0.1, 0.15) is 13.3 Å². The second kappa shape index (κ2) is 6.92. The number of hydrogen-bond donors (Lipinski definition) is 2. The van der Waals surface area contributed by atoms with Crippen molar-refractivity contribution >= 4 is 28.9 Å². The minimum atomic E-state index is -0.0460. The maximum absolute atomic E-state index is 11.9. The number of amides is 1. The standard InChI is InChI=1S/C14H20ClN3O2/c1-10-9-20-7-6-18(10)5-4-14(19)17-13-3-2-11(16)8-12(13)15/h2-3,8,10H,4-7,9,16H2,1H3,(H,17,19). The van der Waals surface area contributed by atoms with Crippen molar-refractivity contribution in [3.63, 3.8) is 0 Å². The quantitative estimate of drug-likeness (QED) is 0.834. The summed E-state index contributed by atoms with van der Waals surface area (Å²) in [5.41, 5.74) is 6.79. The Morgan fingerprint density at radius 2 is 2.40 bits per heavy atom. The summed E-state index contributed by atoms with van der Waals surface area (Å²) in [6.45, 7) is 5.16. The average molecular weight is 298 g/mol. The molecule has 0 aromatic heterocycles. The zero-order valence-electron chi connectivity index (χ0n) is 11.6. The van der Waals surface area contributed by atoms with Crippen LogP contribution in [0.5, 0.6) is 0 Å². The molecule has 0 bridgehead atoms. The lowest BCUT2D eigenvalue weighted by Gasteiger charge is -2.32. The summed E-state index contributed by atoms with van der Waals surface area (Å²) in [5, 5.41) is 3.26. The number of hydrogen-bond acceptors (Lipinski definition) is 4. The van der Waals surface area contributed by atoms with E-state index < -0.39 is 0 Å². The van der Waals surface area contributed by atoms with E-state index in [2.05, 4.69) is 17.1 Å². The number of nitrogens with one attached hydrogen (secondary N) is 1. The minimum Gasteiger partial charge on any atom is -0.399 e.